The zero-order valence-electron chi connectivity index (χ0n) is 11.3. The van der Waals surface area contributed by atoms with Crippen molar-refractivity contribution in [3.8, 4) is 5.75 Å². The molecule has 0 spiro atoms. The molecule has 0 bridgehead atoms. The number of H-pyrrole nitrogens is 1. The number of para-hydroxylation sites is 1. The summed E-state index contributed by atoms with van der Waals surface area (Å²) in [5.41, 5.74) is 2.08. The van der Waals surface area contributed by atoms with Gasteiger partial charge in [0.1, 0.15) is 12.4 Å². The normalized spacial score (nSPS) is 17.1. The van der Waals surface area contributed by atoms with Gasteiger partial charge in [0.2, 0.25) is 5.91 Å². The molecule has 0 saturated carbocycles. The first-order valence-corrected chi connectivity index (χ1v) is 6.82. The van der Waals surface area contributed by atoms with Gasteiger partial charge in [-0.25, -0.2) is 0 Å². The molecule has 0 saturated heterocycles. The molecule has 1 atom stereocenters. The van der Waals surface area contributed by atoms with Crippen LogP contribution >= 0.6 is 0 Å². The molecule has 1 aliphatic rings. The Morgan fingerprint density at radius 1 is 1.50 bits per heavy atom. The fourth-order valence-electron chi connectivity index (χ4n) is 2.33. The van der Waals surface area contributed by atoms with E-state index in [0.717, 1.165) is 23.4 Å². The molecule has 1 amide bonds. The molecule has 1 aromatic carbocycles. The van der Waals surface area contributed by atoms with Crippen molar-refractivity contribution in [3.05, 3.63) is 41.6 Å². The molecule has 2 heterocycles. The Bertz CT molecular complexity index is 621. The number of aromatic amines is 1. The molecule has 20 heavy (non-hydrogen) atoms. The van der Waals surface area contributed by atoms with Gasteiger partial charge in [-0.3, -0.25) is 9.89 Å². The van der Waals surface area contributed by atoms with Crippen LogP contribution in [0.1, 0.15) is 18.2 Å². The van der Waals surface area contributed by atoms with Crippen molar-refractivity contribution in [2.75, 3.05) is 11.9 Å². The first kappa shape index (κ1) is 12.7. The number of fused-ring (bicyclic) bond motifs is 1. The van der Waals surface area contributed by atoms with E-state index in [0.29, 0.717) is 18.8 Å². The van der Waals surface area contributed by atoms with Gasteiger partial charge < -0.3 is 10.1 Å². The Labute approximate surface area is 117 Å². The summed E-state index contributed by atoms with van der Waals surface area (Å²) in [4.78, 5) is 12.2. The summed E-state index contributed by atoms with van der Waals surface area (Å²) in [6, 6.07) is 9.69. The Morgan fingerprint density at radius 2 is 2.35 bits per heavy atom. The van der Waals surface area contributed by atoms with Crippen molar-refractivity contribution in [2.24, 2.45) is 5.92 Å². The number of hydrogen-bond acceptors (Lipinski definition) is 3. The van der Waals surface area contributed by atoms with E-state index < -0.39 is 0 Å². The lowest BCUT2D eigenvalue weighted by Gasteiger charge is -2.24. The third-order valence-corrected chi connectivity index (χ3v) is 3.51. The molecule has 2 N–H and O–H groups in total. The fraction of sp³-hybridized carbons (Fsp3) is 0.333. The molecule has 1 aromatic heterocycles. The second-order valence-electron chi connectivity index (χ2n) is 4.94. The molecular formula is C15H17N3O2. The summed E-state index contributed by atoms with van der Waals surface area (Å²) in [6.07, 6.45) is 1.57. The number of rotatable bonds is 3. The Kier molecular flexibility index (Phi) is 3.41. The maximum absolute atomic E-state index is 12.2. The van der Waals surface area contributed by atoms with Crippen molar-refractivity contribution in [3.63, 3.8) is 0 Å². The molecule has 5 nitrogen and oxygen atoms in total. The van der Waals surface area contributed by atoms with Crippen molar-refractivity contribution >= 4 is 11.7 Å². The van der Waals surface area contributed by atoms with E-state index in [1.807, 2.05) is 37.3 Å². The third kappa shape index (κ3) is 2.52. The minimum absolute atomic E-state index is 0.0475. The maximum atomic E-state index is 12.2. The number of anilines is 1. The van der Waals surface area contributed by atoms with Crippen LogP contribution in [0.25, 0.3) is 0 Å². The summed E-state index contributed by atoms with van der Waals surface area (Å²) < 4.78 is 5.63. The summed E-state index contributed by atoms with van der Waals surface area (Å²) in [5.74, 6) is 1.23. The van der Waals surface area contributed by atoms with Crippen LogP contribution in [-0.2, 0) is 17.6 Å². The average molecular weight is 271 g/mol. The van der Waals surface area contributed by atoms with Gasteiger partial charge >= 0.3 is 0 Å². The molecule has 0 aliphatic carbocycles. The van der Waals surface area contributed by atoms with Crippen LogP contribution < -0.4 is 10.1 Å². The Morgan fingerprint density at radius 3 is 3.15 bits per heavy atom. The SMILES string of the molecule is CCc1cc(NC(=O)C2COc3ccccc3C2)n[nH]1. The van der Waals surface area contributed by atoms with Gasteiger partial charge in [-0.1, -0.05) is 25.1 Å². The number of nitrogens with zero attached hydrogens (tertiary/aromatic N) is 1. The van der Waals surface area contributed by atoms with Gasteiger partial charge in [0.05, 0.1) is 5.92 Å². The number of aryl methyl sites for hydroxylation is 1. The van der Waals surface area contributed by atoms with E-state index in [-0.39, 0.29) is 11.8 Å². The smallest absolute Gasteiger partial charge is 0.232 e. The van der Waals surface area contributed by atoms with Gasteiger partial charge in [0, 0.05) is 11.8 Å². The molecule has 1 unspecified atom stereocenters. The lowest BCUT2D eigenvalue weighted by atomic mass is 9.96. The molecule has 1 aliphatic heterocycles. The van der Waals surface area contributed by atoms with E-state index in [4.69, 9.17) is 4.74 Å². The largest absolute Gasteiger partial charge is 0.492 e. The van der Waals surface area contributed by atoms with E-state index in [2.05, 4.69) is 15.5 Å². The number of benzene rings is 1. The molecule has 0 radical (unpaired) electrons. The van der Waals surface area contributed by atoms with E-state index in [1.165, 1.54) is 0 Å². The molecule has 2 aromatic rings. The van der Waals surface area contributed by atoms with Crippen molar-refractivity contribution < 1.29 is 9.53 Å². The van der Waals surface area contributed by atoms with Crippen LogP contribution in [0, 0.1) is 5.92 Å². The number of amides is 1. The molecular weight excluding hydrogens is 254 g/mol. The number of carbonyl (C=O) groups is 1. The van der Waals surface area contributed by atoms with Crippen LogP contribution in [-0.4, -0.2) is 22.7 Å². The van der Waals surface area contributed by atoms with Crippen LogP contribution in [0.15, 0.2) is 30.3 Å². The van der Waals surface area contributed by atoms with Crippen LogP contribution in [0.2, 0.25) is 0 Å². The molecule has 0 fully saturated rings. The topological polar surface area (TPSA) is 67.0 Å². The van der Waals surface area contributed by atoms with Crippen molar-refractivity contribution in [1.82, 2.24) is 10.2 Å². The summed E-state index contributed by atoms with van der Waals surface area (Å²) >= 11 is 0. The quantitative estimate of drug-likeness (QED) is 0.899. The Balaban J connectivity index is 1.67. The van der Waals surface area contributed by atoms with Gasteiger partial charge in [0.25, 0.3) is 0 Å². The molecule has 3 rings (SSSR count). The third-order valence-electron chi connectivity index (χ3n) is 3.51. The van der Waals surface area contributed by atoms with Crippen LogP contribution in [0.3, 0.4) is 0 Å². The van der Waals surface area contributed by atoms with Gasteiger partial charge in [-0.05, 0) is 24.5 Å². The lowest BCUT2D eigenvalue weighted by molar-refractivity contribution is -0.121. The highest BCUT2D eigenvalue weighted by atomic mass is 16.5. The number of aromatic nitrogens is 2. The predicted molar refractivity (Wildman–Crippen MR) is 75.7 cm³/mol. The first-order valence-electron chi connectivity index (χ1n) is 6.82. The average Bonchev–Trinajstić information content (AvgIpc) is 2.94. The molecule has 104 valence electrons. The van der Waals surface area contributed by atoms with Gasteiger partial charge in [-0.2, -0.15) is 5.10 Å². The zero-order valence-corrected chi connectivity index (χ0v) is 11.3. The number of ether oxygens (including phenoxy) is 1. The van der Waals surface area contributed by atoms with Crippen molar-refractivity contribution in [2.45, 2.75) is 19.8 Å². The monoisotopic (exact) mass is 271 g/mol. The van der Waals surface area contributed by atoms with E-state index in [1.54, 1.807) is 0 Å². The number of hydrogen-bond donors (Lipinski definition) is 2. The van der Waals surface area contributed by atoms with E-state index in [9.17, 15) is 4.79 Å². The number of nitrogens with one attached hydrogen (secondary N) is 2. The minimum Gasteiger partial charge on any atom is -0.492 e. The Hall–Kier alpha value is -2.30. The standard InChI is InChI=1S/C15H17N3O2/c1-2-12-8-14(18-17-12)16-15(19)11-7-10-5-3-4-6-13(10)20-9-11/h3-6,8,11H,2,7,9H2,1H3,(H2,16,17,18,19). The highest BCUT2D eigenvalue weighted by molar-refractivity contribution is 5.92. The first-order chi connectivity index (χ1) is 9.76. The summed E-state index contributed by atoms with van der Waals surface area (Å²) in [6.45, 7) is 2.44. The fourth-order valence-corrected chi connectivity index (χ4v) is 2.33. The summed E-state index contributed by atoms with van der Waals surface area (Å²) in [7, 11) is 0. The van der Waals surface area contributed by atoms with Crippen LogP contribution in [0.4, 0.5) is 5.82 Å². The minimum atomic E-state index is -0.174. The number of carbonyl (C=O) groups excluding carboxylic acids is 1. The van der Waals surface area contributed by atoms with Gasteiger partial charge in [-0.15, -0.1) is 0 Å². The second kappa shape index (κ2) is 5.36. The van der Waals surface area contributed by atoms with Gasteiger partial charge in [0.15, 0.2) is 5.82 Å². The van der Waals surface area contributed by atoms with E-state index >= 15 is 0 Å². The maximum Gasteiger partial charge on any atom is 0.232 e. The lowest BCUT2D eigenvalue weighted by Crippen LogP contribution is -2.32. The highest BCUT2D eigenvalue weighted by Crippen LogP contribution is 2.27. The van der Waals surface area contributed by atoms with Crippen molar-refractivity contribution in [1.29, 1.82) is 0 Å². The highest BCUT2D eigenvalue weighted by Gasteiger charge is 2.26. The molecule has 5 heteroatoms. The van der Waals surface area contributed by atoms with Crippen LogP contribution in [0.5, 0.6) is 5.75 Å². The zero-order chi connectivity index (χ0) is 13.9. The second-order valence-corrected chi connectivity index (χ2v) is 4.94. The summed E-state index contributed by atoms with van der Waals surface area (Å²) in [5, 5.41) is 9.79. The predicted octanol–water partition coefficient (Wildman–Crippen LogP) is 2.16.